The Morgan fingerprint density at radius 2 is 2.00 bits per heavy atom. The highest BCUT2D eigenvalue weighted by Gasteiger charge is 2.38. The normalized spacial score (nSPS) is 17.1. The summed E-state index contributed by atoms with van der Waals surface area (Å²) in [6, 6.07) is 0.259. The van der Waals surface area contributed by atoms with Gasteiger partial charge in [-0.15, -0.1) is 0 Å². The van der Waals surface area contributed by atoms with E-state index in [9.17, 15) is 0 Å². The van der Waals surface area contributed by atoms with Crippen LogP contribution in [-0.4, -0.2) is 52.1 Å². The summed E-state index contributed by atoms with van der Waals surface area (Å²) >= 11 is 5.90. The minimum atomic E-state index is 0.000987. The predicted octanol–water partition coefficient (Wildman–Crippen LogP) is 2.21. The molecule has 6 nitrogen and oxygen atoms in total. The van der Waals surface area contributed by atoms with Gasteiger partial charge in [0.15, 0.2) is 0 Å². The van der Waals surface area contributed by atoms with Gasteiger partial charge in [0.2, 0.25) is 11.2 Å². The van der Waals surface area contributed by atoms with Crippen molar-refractivity contribution in [2.24, 2.45) is 0 Å². The van der Waals surface area contributed by atoms with Gasteiger partial charge in [0.05, 0.1) is 6.10 Å². The van der Waals surface area contributed by atoms with E-state index < -0.39 is 0 Å². The molecule has 20 heavy (non-hydrogen) atoms. The Bertz CT molecular complexity index is 462. The Hall–Kier alpha value is -1.14. The Morgan fingerprint density at radius 1 is 1.30 bits per heavy atom. The van der Waals surface area contributed by atoms with Crippen LogP contribution in [0.3, 0.4) is 0 Å². The molecule has 2 rings (SSSR count). The van der Waals surface area contributed by atoms with Crippen LogP contribution in [-0.2, 0) is 0 Å². The van der Waals surface area contributed by atoms with E-state index in [1.807, 2.05) is 13.8 Å². The summed E-state index contributed by atoms with van der Waals surface area (Å²) < 4.78 is 5.46. The highest BCUT2D eigenvalue weighted by atomic mass is 35.5. The van der Waals surface area contributed by atoms with Gasteiger partial charge in [0.25, 0.3) is 0 Å². The summed E-state index contributed by atoms with van der Waals surface area (Å²) in [5.74, 6) is 0.466. The van der Waals surface area contributed by atoms with Gasteiger partial charge in [-0.1, -0.05) is 0 Å². The van der Waals surface area contributed by atoms with E-state index in [-0.39, 0.29) is 22.9 Å². The molecule has 1 aliphatic carbocycles. The molecular formula is C13H22ClN5O. The Labute approximate surface area is 124 Å². The summed E-state index contributed by atoms with van der Waals surface area (Å²) in [6.07, 6.45) is 3.63. The van der Waals surface area contributed by atoms with Gasteiger partial charge in [-0.25, -0.2) is 0 Å². The van der Waals surface area contributed by atoms with E-state index in [2.05, 4.69) is 39.3 Å². The van der Waals surface area contributed by atoms with Crippen molar-refractivity contribution in [1.82, 2.24) is 19.9 Å². The topological polar surface area (TPSA) is 63.2 Å². The first kappa shape index (κ1) is 15.3. The fourth-order valence-corrected chi connectivity index (χ4v) is 2.44. The molecule has 1 fully saturated rings. The predicted molar refractivity (Wildman–Crippen MR) is 79.4 cm³/mol. The monoisotopic (exact) mass is 299 g/mol. The lowest BCUT2D eigenvalue weighted by Crippen LogP contribution is -2.54. The number of likely N-dealkylation sites (N-methyl/N-ethyl adjacent to an activating group) is 1. The molecule has 7 heteroatoms. The lowest BCUT2D eigenvalue weighted by molar-refractivity contribution is 0.0737. The number of rotatable bonds is 6. The van der Waals surface area contributed by atoms with Crippen molar-refractivity contribution >= 4 is 17.5 Å². The standard InChI is InChI=1S/C13H22ClN5O/c1-9(2)20-12-17-10(14)16-11(18-12)15-8-13(19(3)4)6-5-7-13/h9H,5-8H2,1-4H3,(H,15,16,17,18). The van der Waals surface area contributed by atoms with Crippen LogP contribution < -0.4 is 10.1 Å². The van der Waals surface area contributed by atoms with Crippen molar-refractivity contribution in [3.8, 4) is 6.01 Å². The molecule has 0 bridgehead atoms. The second kappa shape index (κ2) is 6.10. The van der Waals surface area contributed by atoms with Crippen LogP contribution in [0, 0.1) is 0 Å². The van der Waals surface area contributed by atoms with E-state index >= 15 is 0 Å². The molecule has 0 saturated heterocycles. The number of ether oxygens (including phenoxy) is 1. The summed E-state index contributed by atoms with van der Waals surface area (Å²) in [5.41, 5.74) is 0.193. The van der Waals surface area contributed by atoms with Crippen molar-refractivity contribution in [2.75, 3.05) is 26.0 Å². The number of hydrogen-bond acceptors (Lipinski definition) is 6. The van der Waals surface area contributed by atoms with Crippen molar-refractivity contribution in [3.05, 3.63) is 5.28 Å². The molecule has 1 N–H and O–H groups in total. The smallest absolute Gasteiger partial charge is 0.322 e. The lowest BCUT2D eigenvalue weighted by atomic mass is 9.75. The third kappa shape index (κ3) is 3.49. The molecule has 0 aromatic carbocycles. The number of nitrogens with zero attached hydrogens (tertiary/aromatic N) is 4. The molecule has 0 spiro atoms. The third-order valence-electron chi connectivity index (χ3n) is 3.74. The molecule has 1 heterocycles. The molecule has 1 aromatic rings. The molecular weight excluding hydrogens is 278 g/mol. The molecule has 0 atom stereocenters. The number of halogens is 1. The first-order valence-electron chi connectivity index (χ1n) is 6.91. The van der Waals surface area contributed by atoms with Crippen molar-refractivity contribution in [3.63, 3.8) is 0 Å². The average Bonchev–Trinajstić information content (AvgIpc) is 2.24. The van der Waals surface area contributed by atoms with Crippen LogP contribution in [0.25, 0.3) is 0 Å². The van der Waals surface area contributed by atoms with Gasteiger partial charge in [-0.2, -0.15) is 15.0 Å². The van der Waals surface area contributed by atoms with E-state index in [1.165, 1.54) is 19.3 Å². The molecule has 0 aliphatic heterocycles. The van der Waals surface area contributed by atoms with Crippen LogP contribution in [0.1, 0.15) is 33.1 Å². The zero-order chi connectivity index (χ0) is 14.8. The maximum atomic E-state index is 5.90. The second-order valence-corrected chi connectivity index (χ2v) is 6.04. The maximum absolute atomic E-state index is 5.90. The molecule has 0 radical (unpaired) electrons. The van der Waals surface area contributed by atoms with Crippen LogP contribution in [0.15, 0.2) is 0 Å². The van der Waals surface area contributed by atoms with Gasteiger partial charge >= 0.3 is 6.01 Å². The number of nitrogens with one attached hydrogen (secondary N) is 1. The van der Waals surface area contributed by atoms with Crippen molar-refractivity contribution in [1.29, 1.82) is 0 Å². The lowest BCUT2D eigenvalue weighted by Gasteiger charge is -2.47. The SMILES string of the molecule is CC(C)Oc1nc(Cl)nc(NCC2(N(C)C)CCC2)n1. The zero-order valence-corrected chi connectivity index (χ0v) is 13.2. The average molecular weight is 300 g/mol. The largest absolute Gasteiger partial charge is 0.461 e. The third-order valence-corrected chi connectivity index (χ3v) is 3.91. The van der Waals surface area contributed by atoms with Crippen molar-refractivity contribution in [2.45, 2.75) is 44.8 Å². The van der Waals surface area contributed by atoms with Crippen molar-refractivity contribution < 1.29 is 4.74 Å². The van der Waals surface area contributed by atoms with Crippen LogP contribution in [0.4, 0.5) is 5.95 Å². The minimum Gasteiger partial charge on any atom is -0.461 e. The second-order valence-electron chi connectivity index (χ2n) is 5.70. The molecule has 0 amide bonds. The molecule has 1 saturated carbocycles. The van der Waals surface area contributed by atoms with Gasteiger partial charge in [-0.05, 0) is 58.8 Å². The van der Waals surface area contributed by atoms with E-state index in [0.717, 1.165) is 6.54 Å². The van der Waals surface area contributed by atoms with Gasteiger partial charge in [0.1, 0.15) is 0 Å². The summed E-state index contributed by atoms with van der Waals surface area (Å²) in [7, 11) is 4.21. The Balaban J connectivity index is 2.04. The summed E-state index contributed by atoms with van der Waals surface area (Å²) in [4.78, 5) is 14.6. The minimum absolute atomic E-state index is 0.000987. The van der Waals surface area contributed by atoms with Crippen LogP contribution >= 0.6 is 11.6 Å². The molecule has 0 unspecified atom stereocenters. The van der Waals surface area contributed by atoms with Crippen LogP contribution in [0.5, 0.6) is 6.01 Å². The highest BCUT2D eigenvalue weighted by Crippen LogP contribution is 2.36. The van der Waals surface area contributed by atoms with Gasteiger partial charge < -0.3 is 15.0 Å². The van der Waals surface area contributed by atoms with E-state index in [0.29, 0.717) is 5.95 Å². The quantitative estimate of drug-likeness (QED) is 0.869. The Kier molecular flexibility index (Phi) is 4.65. The summed E-state index contributed by atoms with van der Waals surface area (Å²) in [5, 5.41) is 3.40. The van der Waals surface area contributed by atoms with Gasteiger partial charge in [0, 0.05) is 12.1 Å². The fourth-order valence-electron chi connectivity index (χ4n) is 2.29. The van der Waals surface area contributed by atoms with E-state index in [4.69, 9.17) is 16.3 Å². The van der Waals surface area contributed by atoms with E-state index in [1.54, 1.807) is 0 Å². The maximum Gasteiger partial charge on any atom is 0.322 e. The van der Waals surface area contributed by atoms with Crippen LogP contribution in [0.2, 0.25) is 5.28 Å². The Morgan fingerprint density at radius 3 is 2.50 bits per heavy atom. The first-order chi connectivity index (χ1) is 9.41. The highest BCUT2D eigenvalue weighted by molar-refractivity contribution is 6.28. The number of aromatic nitrogens is 3. The first-order valence-corrected chi connectivity index (χ1v) is 7.29. The molecule has 1 aliphatic rings. The number of anilines is 1. The molecule has 1 aromatic heterocycles. The molecule has 112 valence electrons. The zero-order valence-electron chi connectivity index (χ0n) is 12.5. The fraction of sp³-hybridized carbons (Fsp3) is 0.769. The number of hydrogen-bond donors (Lipinski definition) is 1. The van der Waals surface area contributed by atoms with Gasteiger partial charge in [-0.3, -0.25) is 0 Å². The summed E-state index contributed by atoms with van der Waals surface area (Å²) in [6.45, 7) is 4.63.